The lowest BCUT2D eigenvalue weighted by molar-refractivity contribution is 0.102. The van der Waals surface area contributed by atoms with Crippen LogP contribution in [0.25, 0.3) is 22.3 Å². The molecule has 1 amide bonds. The summed E-state index contributed by atoms with van der Waals surface area (Å²) in [4.78, 5) is 16.1. The van der Waals surface area contributed by atoms with E-state index in [2.05, 4.69) is 22.4 Å². The molecule has 0 saturated carbocycles. The molecule has 0 atom stereocenters. The molecule has 0 saturated heterocycles. The van der Waals surface area contributed by atoms with Crippen molar-refractivity contribution in [1.29, 1.82) is 0 Å². The lowest BCUT2D eigenvalue weighted by Gasteiger charge is -2.10. The first-order valence-corrected chi connectivity index (χ1v) is 10.4. The van der Waals surface area contributed by atoms with Crippen LogP contribution in [0.5, 0.6) is 0 Å². The van der Waals surface area contributed by atoms with Gasteiger partial charge in [-0.05, 0) is 47.0 Å². The number of halogens is 2. The average Bonchev–Trinajstić information content (AvgIpc) is 2.83. The van der Waals surface area contributed by atoms with E-state index in [0.29, 0.717) is 16.3 Å². The molecule has 0 unspecified atom stereocenters. The van der Waals surface area contributed by atoms with Crippen molar-refractivity contribution in [2.75, 3.05) is 5.32 Å². The minimum Gasteiger partial charge on any atom is -0.321 e. The van der Waals surface area contributed by atoms with E-state index in [1.54, 1.807) is 18.2 Å². The first-order valence-electron chi connectivity index (χ1n) is 9.98. The van der Waals surface area contributed by atoms with E-state index in [1.807, 2.05) is 56.3 Å². The largest absolute Gasteiger partial charge is 0.321 e. The summed E-state index contributed by atoms with van der Waals surface area (Å²) >= 11 is 6.39. The summed E-state index contributed by atoms with van der Waals surface area (Å²) in [5.74, 6) is -0.923. The smallest absolute Gasteiger partial charge is 0.255 e. The van der Waals surface area contributed by atoms with Gasteiger partial charge in [0.25, 0.3) is 5.91 Å². The normalized spacial score (nSPS) is 10.1. The third-order valence-corrected chi connectivity index (χ3v) is 4.85. The molecular weight excluding hydrogens is 411 g/mol. The minimum atomic E-state index is -0.601. The van der Waals surface area contributed by atoms with E-state index in [9.17, 15) is 9.18 Å². The fourth-order valence-electron chi connectivity index (χ4n) is 3.01. The molecule has 0 aliphatic rings. The number of rotatable bonds is 4. The van der Waals surface area contributed by atoms with Gasteiger partial charge in [-0.3, -0.25) is 4.79 Å². The van der Waals surface area contributed by atoms with Gasteiger partial charge in [-0.25, -0.2) is 4.98 Å². The number of benzene rings is 3. The molecule has 4 rings (SSSR count). The highest BCUT2D eigenvalue weighted by molar-refractivity contribution is 6.33. The van der Waals surface area contributed by atoms with Crippen molar-refractivity contribution in [2.24, 2.45) is 0 Å². The summed E-state index contributed by atoms with van der Waals surface area (Å²) < 4.78 is 12.9. The number of hydrogen-bond donors (Lipinski definition) is 1. The molecule has 0 aliphatic carbocycles. The van der Waals surface area contributed by atoms with Gasteiger partial charge in [-0.2, -0.15) is 4.39 Å². The Balaban J connectivity index is 0.00000132. The van der Waals surface area contributed by atoms with Crippen molar-refractivity contribution in [2.45, 2.75) is 13.8 Å². The molecule has 1 heterocycles. The predicted octanol–water partition coefficient (Wildman–Crippen LogP) is 7.49. The van der Waals surface area contributed by atoms with Crippen LogP contribution < -0.4 is 5.32 Å². The molecule has 4 aromatic rings. The van der Waals surface area contributed by atoms with Gasteiger partial charge in [-0.15, -0.1) is 0 Å². The van der Waals surface area contributed by atoms with Crippen LogP contribution in [0.1, 0.15) is 24.2 Å². The van der Waals surface area contributed by atoms with Crippen LogP contribution in [-0.2, 0) is 0 Å². The maximum absolute atomic E-state index is 12.9. The number of carbonyl (C=O) groups excluding carboxylic acids is 1. The summed E-state index contributed by atoms with van der Waals surface area (Å²) in [5.41, 5.74) is 4.76. The molecule has 0 aliphatic heterocycles. The number of aromatic nitrogens is 1. The van der Waals surface area contributed by atoms with Crippen molar-refractivity contribution in [1.82, 2.24) is 4.98 Å². The standard InChI is InChI=1S/C24H16ClFN2O.C2H6/c25-22-12-10-19(24(29)28-20-11-13-23(26)27-15-20)14-21(22)18-8-6-17(7-9-18)16-4-2-1-3-5-16;1-2/h1-15H,(H,28,29);1-2H3. The van der Waals surface area contributed by atoms with Crippen molar-refractivity contribution in [3.63, 3.8) is 0 Å². The van der Waals surface area contributed by atoms with Crippen LogP contribution in [0.2, 0.25) is 5.02 Å². The van der Waals surface area contributed by atoms with Gasteiger partial charge in [-0.1, -0.05) is 80.0 Å². The molecule has 3 nitrogen and oxygen atoms in total. The number of nitrogens with zero attached hydrogens (tertiary/aromatic N) is 1. The van der Waals surface area contributed by atoms with Crippen LogP contribution in [-0.4, -0.2) is 10.9 Å². The van der Waals surface area contributed by atoms with Crippen molar-refractivity contribution in [3.8, 4) is 22.3 Å². The van der Waals surface area contributed by atoms with Crippen LogP contribution >= 0.6 is 11.6 Å². The molecule has 0 spiro atoms. The molecule has 5 heteroatoms. The predicted molar refractivity (Wildman–Crippen MR) is 126 cm³/mol. The fraction of sp³-hybridized carbons (Fsp3) is 0.0769. The van der Waals surface area contributed by atoms with Gasteiger partial charge >= 0.3 is 0 Å². The molecule has 3 aromatic carbocycles. The van der Waals surface area contributed by atoms with Gasteiger partial charge < -0.3 is 5.32 Å². The molecule has 31 heavy (non-hydrogen) atoms. The second-order valence-electron chi connectivity index (χ2n) is 6.46. The maximum atomic E-state index is 12.9. The highest BCUT2D eigenvalue weighted by atomic mass is 35.5. The van der Waals surface area contributed by atoms with Crippen molar-refractivity contribution in [3.05, 3.63) is 108 Å². The Labute approximate surface area is 186 Å². The average molecular weight is 433 g/mol. The van der Waals surface area contributed by atoms with Crippen LogP contribution in [0.3, 0.4) is 0 Å². The Bertz CT molecular complexity index is 1140. The number of hydrogen-bond acceptors (Lipinski definition) is 2. The van der Waals surface area contributed by atoms with Crippen LogP contribution in [0.4, 0.5) is 10.1 Å². The van der Waals surface area contributed by atoms with Gasteiger partial charge in [0.1, 0.15) is 0 Å². The third-order valence-electron chi connectivity index (χ3n) is 4.52. The summed E-state index contributed by atoms with van der Waals surface area (Å²) in [6.07, 6.45) is 1.27. The molecular formula is C26H22ClFN2O. The van der Waals surface area contributed by atoms with Gasteiger partial charge in [0.15, 0.2) is 0 Å². The number of nitrogens with one attached hydrogen (secondary N) is 1. The summed E-state index contributed by atoms with van der Waals surface area (Å²) in [5, 5.41) is 3.26. The van der Waals surface area contributed by atoms with E-state index in [0.717, 1.165) is 22.3 Å². The fourth-order valence-corrected chi connectivity index (χ4v) is 3.24. The Morgan fingerprint density at radius 2 is 1.48 bits per heavy atom. The van der Waals surface area contributed by atoms with Crippen LogP contribution in [0, 0.1) is 5.95 Å². The molecule has 0 bridgehead atoms. The van der Waals surface area contributed by atoms with Gasteiger partial charge in [0, 0.05) is 16.1 Å². The Morgan fingerprint density at radius 3 is 2.13 bits per heavy atom. The summed E-state index contributed by atoms with van der Waals surface area (Å²) in [7, 11) is 0. The van der Waals surface area contributed by atoms with E-state index >= 15 is 0 Å². The second-order valence-corrected chi connectivity index (χ2v) is 6.87. The quantitative estimate of drug-likeness (QED) is 0.339. The SMILES string of the molecule is CC.O=C(Nc1ccc(F)nc1)c1ccc(Cl)c(-c2ccc(-c3ccccc3)cc2)c1. The zero-order valence-electron chi connectivity index (χ0n) is 17.3. The minimum absolute atomic E-state index is 0.322. The number of amides is 1. The van der Waals surface area contributed by atoms with Crippen molar-refractivity contribution >= 4 is 23.2 Å². The van der Waals surface area contributed by atoms with E-state index in [-0.39, 0.29) is 5.91 Å². The Kier molecular flexibility index (Phi) is 7.52. The van der Waals surface area contributed by atoms with E-state index in [1.165, 1.54) is 18.3 Å². The number of anilines is 1. The Hall–Kier alpha value is -3.50. The lowest BCUT2D eigenvalue weighted by atomic mass is 9.99. The topological polar surface area (TPSA) is 42.0 Å². The Morgan fingerprint density at radius 1 is 0.839 bits per heavy atom. The number of carbonyl (C=O) groups is 1. The summed E-state index contributed by atoms with van der Waals surface area (Å²) in [6.45, 7) is 4.00. The van der Waals surface area contributed by atoms with E-state index in [4.69, 9.17) is 11.6 Å². The van der Waals surface area contributed by atoms with Gasteiger partial charge in [0.05, 0.1) is 11.9 Å². The van der Waals surface area contributed by atoms with E-state index < -0.39 is 5.95 Å². The van der Waals surface area contributed by atoms with Crippen LogP contribution in [0.15, 0.2) is 91.1 Å². The molecule has 1 N–H and O–H groups in total. The lowest BCUT2D eigenvalue weighted by Crippen LogP contribution is -2.12. The third kappa shape index (κ3) is 5.56. The van der Waals surface area contributed by atoms with Crippen molar-refractivity contribution < 1.29 is 9.18 Å². The zero-order chi connectivity index (χ0) is 22.2. The zero-order valence-corrected chi connectivity index (χ0v) is 18.0. The molecule has 1 aromatic heterocycles. The first kappa shape index (κ1) is 22.2. The van der Waals surface area contributed by atoms with Gasteiger partial charge in [0.2, 0.25) is 5.95 Å². The molecule has 156 valence electrons. The number of pyridine rings is 1. The first-order chi connectivity index (χ1) is 15.1. The maximum Gasteiger partial charge on any atom is 0.255 e. The monoisotopic (exact) mass is 432 g/mol. The summed E-state index contributed by atoms with van der Waals surface area (Å²) in [6, 6.07) is 25.8. The second kappa shape index (κ2) is 10.5. The highest BCUT2D eigenvalue weighted by Gasteiger charge is 2.11. The highest BCUT2D eigenvalue weighted by Crippen LogP contribution is 2.31. The molecule has 0 fully saturated rings. The molecule has 0 radical (unpaired) electrons.